The van der Waals surface area contributed by atoms with Crippen LogP contribution in [-0.2, 0) is 10.2 Å². The number of hydrogen-bond donors (Lipinski definition) is 1. The van der Waals surface area contributed by atoms with Gasteiger partial charge in [-0.25, -0.2) is 0 Å². The molecule has 1 fully saturated rings. The van der Waals surface area contributed by atoms with Gasteiger partial charge in [0.05, 0.1) is 25.3 Å². The van der Waals surface area contributed by atoms with Gasteiger partial charge >= 0.3 is 0 Å². The second-order valence-electron chi connectivity index (χ2n) is 6.55. The zero-order chi connectivity index (χ0) is 18.9. The van der Waals surface area contributed by atoms with E-state index < -0.39 is 5.41 Å². The summed E-state index contributed by atoms with van der Waals surface area (Å²) in [6, 6.07) is 16.8. The number of methoxy groups -OCH3 is 2. The molecule has 3 aromatic rings. The van der Waals surface area contributed by atoms with Crippen LogP contribution in [0.25, 0.3) is 11.3 Å². The Morgan fingerprint density at radius 2 is 1.78 bits per heavy atom. The highest BCUT2D eigenvalue weighted by Gasteiger charge is 2.53. The summed E-state index contributed by atoms with van der Waals surface area (Å²) in [6.07, 6.45) is 1.51. The van der Waals surface area contributed by atoms with Gasteiger partial charge in [0, 0.05) is 17.3 Å². The van der Waals surface area contributed by atoms with Crippen LogP contribution in [-0.4, -0.2) is 25.3 Å². The first-order valence-electron chi connectivity index (χ1n) is 8.72. The molecule has 1 aliphatic carbocycles. The predicted molar refractivity (Wildman–Crippen MR) is 101 cm³/mol. The number of benzene rings is 2. The van der Waals surface area contributed by atoms with Crippen LogP contribution >= 0.6 is 0 Å². The number of ether oxygens (including phenoxy) is 2. The van der Waals surface area contributed by atoms with Crippen molar-refractivity contribution in [1.29, 1.82) is 0 Å². The van der Waals surface area contributed by atoms with Crippen molar-refractivity contribution < 1.29 is 18.8 Å². The highest BCUT2D eigenvalue weighted by Crippen LogP contribution is 2.49. The van der Waals surface area contributed by atoms with Crippen molar-refractivity contribution in [3.63, 3.8) is 0 Å². The third kappa shape index (κ3) is 3.14. The van der Waals surface area contributed by atoms with Gasteiger partial charge in [0.15, 0.2) is 17.3 Å². The van der Waals surface area contributed by atoms with E-state index >= 15 is 0 Å². The standard InChI is InChI=1S/C21H20N2O4/c1-25-16-9-8-14(12-18(16)26-2)17-13-19(23-27-17)21(10-11-21)20(24)22-15-6-4-3-5-7-15/h3-9,12-13H,10-11H2,1-2H3,(H,22,24). The first-order valence-corrected chi connectivity index (χ1v) is 8.72. The summed E-state index contributed by atoms with van der Waals surface area (Å²) in [6.45, 7) is 0. The Kier molecular flexibility index (Phi) is 4.32. The molecule has 0 atom stereocenters. The molecular formula is C21H20N2O4. The Morgan fingerprint density at radius 1 is 1.04 bits per heavy atom. The van der Waals surface area contributed by atoms with Gasteiger partial charge in [-0.2, -0.15) is 0 Å². The van der Waals surface area contributed by atoms with Crippen molar-refractivity contribution >= 4 is 11.6 Å². The van der Waals surface area contributed by atoms with E-state index in [1.165, 1.54) is 0 Å². The van der Waals surface area contributed by atoms with Gasteiger partial charge in [0.1, 0.15) is 0 Å². The highest BCUT2D eigenvalue weighted by atomic mass is 16.5. The average molecular weight is 364 g/mol. The molecule has 1 aromatic heterocycles. The molecule has 0 bridgehead atoms. The van der Waals surface area contributed by atoms with Gasteiger partial charge in [0.2, 0.25) is 5.91 Å². The van der Waals surface area contributed by atoms with E-state index in [-0.39, 0.29) is 5.91 Å². The highest BCUT2D eigenvalue weighted by molar-refractivity contribution is 6.01. The van der Waals surface area contributed by atoms with Crippen LogP contribution < -0.4 is 14.8 Å². The van der Waals surface area contributed by atoms with Crippen molar-refractivity contribution in [3.8, 4) is 22.8 Å². The Bertz CT molecular complexity index is 961. The SMILES string of the molecule is COc1ccc(-c2cc(C3(C(=O)Nc4ccccc4)CC3)no2)cc1OC. The molecule has 0 aliphatic heterocycles. The Morgan fingerprint density at radius 3 is 2.44 bits per heavy atom. The lowest BCUT2D eigenvalue weighted by Gasteiger charge is -2.12. The smallest absolute Gasteiger partial charge is 0.236 e. The normalized spacial score (nSPS) is 14.4. The number of nitrogens with zero attached hydrogens (tertiary/aromatic N) is 1. The monoisotopic (exact) mass is 364 g/mol. The second-order valence-corrected chi connectivity index (χ2v) is 6.55. The van der Waals surface area contributed by atoms with Gasteiger partial charge < -0.3 is 19.3 Å². The largest absolute Gasteiger partial charge is 0.493 e. The van der Waals surface area contributed by atoms with Gasteiger partial charge in [0.25, 0.3) is 0 Å². The molecule has 0 unspecified atom stereocenters. The minimum absolute atomic E-state index is 0.0548. The van der Waals surface area contributed by atoms with Crippen LogP contribution in [0.3, 0.4) is 0 Å². The topological polar surface area (TPSA) is 73.6 Å². The molecule has 1 amide bonds. The first kappa shape index (κ1) is 17.1. The number of anilines is 1. The molecule has 1 heterocycles. The van der Waals surface area contributed by atoms with Crippen LogP contribution in [0.2, 0.25) is 0 Å². The summed E-state index contributed by atoms with van der Waals surface area (Å²) in [7, 11) is 3.17. The third-order valence-corrected chi connectivity index (χ3v) is 4.88. The van der Waals surface area contributed by atoms with Gasteiger partial charge in [-0.3, -0.25) is 4.79 Å². The van der Waals surface area contributed by atoms with Crippen LogP contribution in [0.4, 0.5) is 5.69 Å². The number of carbonyl (C=O) groups is 1. The molecule has 0 saturated heterocycles. The van der Waals surface area contributed by atoms with Crippen LogP contribution in [0, 0.1) is 0 Å². The number of rotatable bonds is 6. The molecule has 1 N–H and O–H groups in total. The Hall–Kier alpha value is -3.28. The average Bonchev–Trinajstić information content (AvgIpc) is 3.38. The summed E-state index contributed by atoms with van der Waals surface area (Å²) in [5.41, 5.74) is 1.62. The Labute approximate surface area is 157 Å². The fraction of sp³-hybridized carbons (Fsp3) is 0.238. The number of aromatic nitrogens is 1. The molecular weight excluding hydrogens is 344 g/mol. The van der Waals surface area contributed by atoms with E-state index in [0.29, 0.717) is 23.0 Å². The fourth-order valence-corrected chi connectivity index (χ4v) is 3.12. The fourth-order valence-electron chi connectivity index (χ4n) is 3.12. The summed E-state index contributed by atoms with van der Waals surface area (Å²) in [5, 5.41) is 7.15. The molecule has 27 heavy (non-hydrogen) atoms. The molecule has 0 radical (unpaired) electrons. The maximum atomic E-state index is 12.8. The predicted octanol–water partition coefficient (Wildman–Crippen LogP) is 4.03. The lowest BCUT2D eigenvalue weighted by Crippen LogP contribution is -2.28. The molecule has 1 aliphatic rings. The number of amides is 1. The van der Waals surface area contributed by atoms with Gasteiger partial charge in [-0.1, -0.05) is 23.4 Å². The Balaban J connectivity index is 1.58. The third-order valence-electron chi connectivity index (χ3n) is 4.88. The maximum absolute atomic E-state index is 12.8. The number of carbonyl (C=O) groups excluding carboxylic acids is 1. The molecule has 6 heteroatoms. The van der Waals surface area contributed by atoms with Crippen molar-refractivity contribution in [3.05, 3.63) is 60.3 Å². The number of nitrogens with one attached hydrogen (secondary N) is 1. The van der Waals surface area contributed by atoms with Crippen LogP contribution in [0.5, 0.6) is 11.5 Å². The van der Waals surface area contributed by atoms with Crippen LogP contribution in [0.1, 0.15) is 18.5 Å². The van der Waals surface area contributed by atoms with E-state index in [1.54, 1.807) is 14.2 Å². The minimum Gasteiger partial charge on any atom is -0.493 e. The molecule has 2 aromatic carbocycles. The summed E-state index contributed by atoms with van der Waals surface area (Å²) in [4.78, 5) is 12.8. The van der Waals surface area contributed by atoms with Gasteiger partial charge in [-0.05, 0) is 43.2 Å². The first-order chi connectivity index (χ1) is 13.2. The van der Waals surface area contributed by atoms with Crippen LogP contribution in [0.15, 0.2) is 59.1 Å². The quantitative estimate of drug-likeness (QED) is 0.715. The molecule has 4 rings (SSSR count). The summed E-state index contributed by atoms with van der Waals surface area (Å²) < 4.78 is 16.1. The molecule has 0 spiro atoms. The second kappa shape index (κ2) is 6.79. The van der Waals surface area contributed by atoms with Crippen molar-refractivity contribution in [2.45, 2.75) is 18.3 Å². The lowest BCUT2D eigenvalue weighted by molar-refractivity contribution is -0.118. The van der Waals surface area contributed by atoms with Gasteiger partial charge in [-0.15, -0.1) is 0 Å². The molecule has 6 nitrogen and oxygen atoms in total. The van der Waals surface area contributed by atoms with E-state index in [9.17, 15) is 4.79 Å². The van der Waals surface area contributed by atoms with Crippen molar-refractivity contribution in [2.24, 2.45) is 0 Å². The summed E-state index contributed by atoms with van der Waals surface area (Å²) >= 11 is 0. The van der Waals surface area contributed by atoms with E-state index in [1.807, 2.05) is 54.6 Å². The zero-order valence-electron chi connectivity index (χ0n) is 15.2. The van der Waals surface area contributed by atoms with E-state index in [0.717, 1.165) is 24.1 Å². The minimum atomic E-state index is -0.617. The maximum Gasteiger partial charge on any atom is 0.236 e. The molecule has 1 saturated carbocycles. The molecule has 138 valence electrons. The lowest BCUT2D eigenvalue weighted by atomic mass is 10.00. The van der Waals surface area contributed by atoms with Crippen molar-refractivity contribution in [1.82, 2.24) is 5.16 Å². The van der Waals surface area contributed by atoms with E-state index in [2.05, 4.69) is 10.5 Å². The van der Waals surface area contributed by atoms with Crippen molar-refractivity contribution in [2.75, 3.05) is 19.5 Å². The number of para-hydroxylation sites is 1. The zero-order valence-corrected chi connectivity index (χ0v) is 15.2. The number of hydrogen-bond acceptors (Lipinski definition) is 5. The summed E-state index contributed by atoms with van der Waals surface area (Å²) in [5.74, 6) is 1.78. The van der Waals surface area contributed by atoms with E-state index in [4.69, 9.17) is 14.0 Å².